The zero-order valence-corrected chi connectivity index (χ0v) is 23.1. The van der Waals surface area contributed by atoms with E-state index in [1.54, 1.807) is 36.3 Å². The first kappa shape index (κ1) is 27.2. The van der Waals surface area contributed by atoms with Crippen molar-refractivity contribution in [2.45, 2.75) is 37.6 Å². The molecule has 2 aliphatic rings. The van der Waals surface area contributed by atoms with E-state index in [1.165, 1.54) is 0 Å². The van der Waals surface area contributed by atoms with E-state index in [0.29, 0.717) is 44.0 Å². The average molecular weight is 541 g/mol. The second-order valence-electron chi connectivity index (χ2n) is 10.4. The number of nitrogens with one attached hydrogen (secondary N) is 1. The second-order valence-corrected chi connectivity index (χ2v) is 10.4. The zero-order valence-electron chi connectivity index (χ0n) is 23.1. The minimum atomic E-state index is -0.799. The number of carbonyl (C=O) groups is 3. The molecule has 3 amide bonds. The third-order valence-electron chi connectivity index (χ3n) is 8.10. The first-order chi connectivity index (χ1) is 19.4. The summed E-state index contributed by atoms with van der Waals surface area (Å²) in [6, 6.07) is 26.8. The van der Waals surface area contributed by atoms with Gasteiger partial charge in [0.25, 0.3) is 5.91 Å². The van der Waals surface area contributed by atoms with Crippen LogP contribution in [0.25, 0.3) is 0 Å². The van der Waals surface area contributed by atoms with Crippen LogP contribution in [0.2, 0.25) is 0 Å². The number of methoxy groups -OCH3 is 1. The van der Waals surface area contributed by atoms with Crippen LogP contribution in [0.5, 0.6) is 5.75 Å². The monoisotopic (exact) mass is 540 g/mol. The number of carbonyl (C=O) groups excluding carboxylic acids is 3. The van der Waals surface area contributed by atoms with Gasteiger partial charge in [-0.2, -0.15) is 0 Å². The van der Waals surface area contributed by atoms with Gasteiger partial charge in [-0.15, -0.1) is 0 Å². The van der Waals surface area contributed by atoms with Gasteiger partial charge in [-0.05, 0) is 61.2 Å². The van der Waals surface area contributed by atoms with E-state index >= 15 is 0 Å². The van der Waals surface area contributed by atoms with Gasteiger partial charge in [0.05, 0.1) is 19.7 Å². The lowest BCUT2D eigenvalue weighted by Crippen LogP contribution is -2.57. The summed E-state index contributed by atoms with van der Waals surface area (Å²) >= 11 is 0. The summed E-state index contributed by atoms with van der Waals surface area (Å²) in [7, 11) is 1.59. The maximum Gasteiger partial charge on any atom is 0.250 e. The van der Waals surface area contributed by atoms with E-state index in [2.05, 4.69) is 10.2 Å². The molecule has 2 heterocycles. The summed E-state index contributed by atoms with van der Waals surface area (Å²) in [6.07, 6.45) is 1.74. The molecule has 0 aromatic heterocycles. The number of hydrogen-bond donors (Lipinski definition) is 1. The minimum Gasteiger partial charge on any atom is -0.497 e. The molecule has 0 aliphatic carbocycles. The highest BCUT2D eigenvalue weighted by Gasteiger charge is 2.54. The maximum absolute atomic E-state index is 14.0. The number of likely N-dealkylation sites (tertiary alicyclic amines) is 1. The predicted octanol–water partition coefficient (Wildman–Crippen LogP) is 4.50. The Kier molecular flexibility index (Phi) is 8.05. The van der Waals surface area contributed by atoms with Crippen molar-refractivity contribution in [3.63, 3.8) is 0 Å². The number of anilines is 2. The van der Waals surface area contributed by atoms with Crippen LogP contribution in [0.15, 0.2) is 84.9 Å². The van der Waals surface area contributed by atoms with Crippen molar-refractivity contribution in [2.75, 3.05) is 43.6 Å². The number of hydrogen-bond acceptors (Lipinski definition) is 5. The topological polar surface area (TPSA) is 82.2 Å². The maximum atomic E-state index is 14.0. The van der Waals surface area contributed by atoms with Crippen LogP contribution in [-0.2, 0) is 14.4 Å². The molecule has 2 saturated heterocycles. The van der Waals surface area contributed by atoms with Gasteiger partial charge in [0.2, 0.25) is 11.8 Å². The molecule has 208 valence electrons. The van der Waals surface area contributed by atoms with Crippen molar-refractivity contribution in [3.8, 4) is 5.75 Å². The summed E-state index contributed by atoms with van der Waals surface area (Å²) in [5.74, 6) is 0.286. The fourth-order valence-corrected chi connectivity index (χ4v) is 5.93. The number of piperidine rings is 1. The van der Waals surface area contributed by atoms with Gasteiger partial charge in [0, 0.05) is 24.5 Å². The fraction of sp³-hybridized carbons (Fsp3) is 0.344. The highest BCUT2D eigenvalue weighted by atomic mass is 16.5. The van der Waals surface area contributed by atoms with Crippen LogP contribution < -0.4 is 15.0 Å². The van der Waals surface area contributed by atoms with E-state index < -0.39 is 5.54 Å². The first-order valence-electron chi connectivity index (χ1n) is 13.8. The molecule has 5 rings (SSSR count). The quantitative estimate of drug-likeness (QED) is 0.455. The van der Waals surface area contributed by atoms with Gasteiger partial charge in [0.15, 0.2) is 0 Å². The smallest absolute Gasteiger partial charge is 0.250 e. The Morgan fingerprint density at radius 3 is 2.15 bits per heavy atom. The van der Waals surface area contributed by atoms with Crippen molar-refractivity contribution in [1.82, 2.24) is 9.80 Å². The first-order valence-corrected chi connectivity index (χ1v) is 13.8. The summed E-state index contributed by atoms with van der Waals surface area (Å²) in [6.45, 7) is 3.28. The van der Waals surface area contributed by atoms with Crippen molar-refractivity contribution >= 4 is 29.1 Å². The highest BCUT2D eigenvalue weighted by molar-refractivity contribution is 5.99. The Balaban J connectivity index is 1.31. The number of benzene rings is 3. The lowest BCUT2D eigenvalue weighted by Gasteiger charge is -2.44. The Morgan fingerprint density at radius 1 is 0.925 bits per heavy atom. The number of para-hydroxylation sites is 1. The second kappa shape index (κ2) is 11.8. The normalized spacial score (nSPS) is 17.1. The van der Waals surface area contributed by atoms with Crippen LogP contribution in [0.4, 0.5) is 11.4 Å². The van der Waals surface area contributed by atoms with Crippen molar-refractivity contribution in [3.05, 3.63) is 90.5 Å². The average Bonchev–Trinajstić information content (AvgIpc) is 3.25. The molecule has 2 aliphatic heterocycles. The number of amides is 3. The van der Waals surface area contributed by atoms with E-state index in [0.717, 1.165) is 17.7 Å². The lowest BCUT2D eigenvalue weighted by atomic mass is 9.84. The molecule has 40 heavy (non-hydrogen) atoms. The lowest BCUT2D eigenvalue weighted by molar-refractivity contribution is -0.140. The number of nitrogens with zero attached hydrogens (tertiary/aromatic N) is 3. The van der Waals surface area contributed by atoms with Crippen molar-refractivity contribution in [2.24, 2.45) is 0 Å². The number of rotatable bonds is 8. The van der Waals surface area contributed by atoms with Crippen LogP contribution in [-0.4, -0.2) is 66.5 Å². The summed E-state index contributed by atoms with van der Waals surface area (Å²) in [5, 5.41) is 2.88. The van der Waals surface area contributed by atoms with E-state index in [4.69, 9.17) is 4.74 Å². The van der Waals surface area contributed by atoms with Gasteiger partial charge < -0.3 is 24.8 Å². The third kappa shape index (κ3) is 5.39. The zero-order chi connectivity index (χ0) is 28.1. The molecule has 0 bridgehead atoms. The Labute approximate surface area is 235 Å². The minimum absolute atomic E-state index is 0.0511. The molecule has 3 aromatic rings. The molecular weight excluding hydrogens is 504 g/mol. The van der Waals surface area contributed by atoms with Crippen LogP contribution >= 0.6 is 0 Å². The Hall–Kier alpha value is -4.33. The third-order valence-corrected chi connectivity index (χ3v) is 8.10. The van der Waals surface area contributed by atoms with Crippen LogP contribution in [0, 0.1) is 0 Å². The highest BCUT2D eigenvalue weighted by Crippen LogP contribution is 2.40. The summed E-state index contributed by atoms with van der Waals surface area (Å²) in [4.78, 5) is 46.2. The molecular formula is C32H36N4O4. The molecule has 8 nitrogen and oxygen atoms in total. The Bertz CT molecular complexity index is 1320. The standard InChI is InChI=1S/C32H36N4O4/c1-3-28(24-10-6-4-7-11-24)30(38)34-20-18-32(19-21-34)31(39)35(23-36(32)26-12-8-5-9-13-26)22-29(37)33-25-14-16-27(40-2)17-15-25/h4-17,28H,3,18-23H2,1-2H3,(H,33,37). The van der Waals surface area contributed by atoms with E-state index in [-0.39, 0.29) is 30.2 Å². The summed E-state index contributed by atoms with van der Waals surface area (Å²) in [5.41, 5.74) is 1.80. The van der Waals surface area contributed by atoms with Crippen molar-refractivity contribution in [1.29, 1.82) is 0 Å². The molecule has 2 fully saturated rings. The SMILES string of the molecule is CCC(C(=O)N1CCC2(CC1)C(=O)N(CC(=O)Nc1ccc(OC)cc1)CN2c1ccccc1)c1ccccc1. The molecule has 1 spiro atoms. The summed E-state index contributed by atoms with van der Waals surface area (Å²) < 4.78 is 5.18. The molecule has 1 unspecified atom stereocenters. The van der Waals surface area contributed by atoms with Gasteiger partial charge in [-0.3, -0.25) is 14.4 Å². The van der Waals surface area contributed by atoms with Crippen molar-refractivity contribution < 1.29 is 19.1 Å². The molecule has 1 N–H and O–H groups in total. The van der Waals surface area contributed by atoms with Gasteiger partial charge in [0.1, 0.15) is 17.8 Å². The largest absolute Gasteiger partial charge is 0.497 e. The van der Waals surface area contributed by atoms with Crippen LogP contribution in [0.3, 0.4) is 0 Å². The van der Waals surface area contributed by atoms with Crippen LogP contribution in [0.1, 0.15) is 37.7 Å². The fourth-order valence-electron chi connectivity index (χ4n) is 5.93. The van der Waals surface area contributed by atoms with Gasteiger partial charge >= 0.3 is 0 Å². The molecule has 3 aromatic carbocycles. The Morgan fingerprint density at radius 2 is 1.55 bits per heavy atom. The van der Waals surface area contributed by atoms with Gasteiger partial charge in [-0.1, -0.05) is 55.5 Å². The van der Waals surface area contributed by atoms with E-state index in [9.17, 15) is 14.4 Å². The molecule has 1 atom stereocenters. The van der Waals surface area contributed by atoms with E-state index in [1.807, 2.05) is 72.5 Å². The van der Waals surface area contributed by atoms with Gasteiger partial charge in [-0.25, -0.2) is 0 Å². The predicted molar refractivity (Wildman–Crippen MR) is 155 cm³/mol. The molecule has 8 heteroatoms. The number of ether oxygens (including phenoxy) is 1. The molecule has 0 saturated carbocycles. The molecule has 0 radical (unpaired) electrons.